The lowest BCUT2D eigenvalue weighted by molar-refractivity contribution is -0.137. The Hall–Kier alpha value is -3.05. The number of hydrogen-bond donors (Lipinski definition) is 1. The van der Waals surface area contributed by atoms with Crippen molar-refractivity contribution in [2.24, 2.45) is 0 Å². The Morgan fingerprint density at radius 3 is 2.45 bits per heavy atom. The van der Waals surface area contributed by atoms with Gasteiger partial charge in [-0.2, -0.15) is 24.9 Å². The molecule has 2 saturated heterocycles. The molecule has 0 spiro atoms. The number of ether oxygens (including phenoxy) is 1. The molecule has 3 heterocycles. The van der Waals surface area contributed by atoms with Gasteiger partial charge in [0.05, 0.1) is 16.8 Å². The molecule has 0 radical (unpaired) electrons. The van der Waals surface area contributed by atoms with E-state index < -0.39 is 17.6 Å². The van der Waals surface area contributed by atoms with Crippen molar-refractivity contribution in [3.8, 4) is 5.75 Å². The number of halogens is 3. The average Bonchev–Trinajstić information content (AvgIpc) is 2.92. The zero-order chi connectivity index (χ0) is 26.7. The Labute approximate surface area is 223 Å². The fourth-order valence-corrected chi connectivity index (χ4v) is 5.88. The van der Waals surface area contributed by atoms with Gasteiger partial charge in [-0.15, -0.1) is 0 Å². The third-order valence-electron chi connectivity index (χ3n) is 7.02. The Morgan fingerprint density at radius 2 is 1.76 bits per heavy atom. The molecule has 0 bridgehead atoms. The molecule has 202 valence electrons. The van der Waals surface area contributed by atoms with E-state index in [1.54, 1.807) is 6.07 Å². The Bertz CT molecular complexity index is 1270. The van der Waals surface area contributed by atoms with Gasteiger partial charge in [0.15, 0.2) is 6.61 Å². The molecule has 5 rings (SSSR count). The van der Waals surface area contributed by atoms with Crippen LogP contribution in [0.3, 0.4) is 0 Å². The largest absolute Gasteiger partial charge is 0.484 e. The zero-order valence-corrected chi connectivity index (χ0v) is 21.9. The third kappa shape index (κ3) is 6.32. The lowest BCUT2D eigenvalue weighted by atomic mass is 10.0. The number of nitrogens with zero attached hydrogens (tertiary/aromatic N) is 4. The maximum atomic E-state index is 12.7. The summed E-state index contributed by atoms with van der Waals surface area (Å²) in [4.78, 5) is 26.8. The van der Waals surface area contributed by atoms with Crippen molar-refractivity contribution in [2.75, 3.05) is 54.5 Å². The molecule has 7 nitrogen and oxygen atoms in total. The number of anilines is 2. The lowest BCUT2D eigenvalue weighted by Gasteiger charge is -2.40. The molecule has 1 amide bonds. The summed E-state index contributed by atoms with van der Waals surface area (Å²) < 4.78 is 43.4. The number of thioether (sulfide) groups is 1. The van der Waals surface area contributed by atoms with Crippen molar-refractivity contribution < 1.29 is 22.7 Å². The van der Waals surface area contributed by atoms with Crippen LogP contribution in [0.5, 0.6) is 5.75 Å². The predicted octanol–water partition coefficient (Wildman–Crippen LogP) is 4.99. The topological polar surface area (TPSA) is 70.6 Å². The summed E-state index contributed by atoms with van der Waals surface area (Å²) >= 11 is 2.04. The van der Waals surface area contributed by atoms with Gasteiger partial charge < -0.3 is 15.0 Å². The fourth-order valence-electron chi connectivity index (χ4n) is 4.95. The molecular weight excluding hydrogens is 515 g/mol. The van der Waals surface area contributed by atoms with Crippen LogP contribution in [0.25, 0.3) is 10.9 Å². The molecule has 0 atom stereocenters. The minimum Gasteiger partial charge on any atom is -0.484 e. The first-order valence-electron chi connectivity index (χ1n) is 12.7. The van der Waals surface area contributed by atoms with E-state index in [-0.39, 0.29) is 12.4 Å². The number of rotatable bonds is 6. The normalized spacial score (nSPS) is 17.5. The number of piperidine rings is 1. The van der Waals surface area contributed by atoms with Crippen molar-refractivity contribution in [1.29, 1.82) is 0 Å². The highest BCUT2D eigenvalue weighted by molar-refractivity contribution is 7.99. The van der Waals surface area contributed by atoms with Gasteiger partial charge in [0, 0.05) is 54.8 Å². The van der Waals surface area contributed by atoms with E-state index in [9.17, 15) is 18.0 Å². The SMILES string of the molecule is Cc1nc(N2CCC(N3CCSCC3)CC2)nc2ccc(NC(=O)COc3ccc(C(F)(F)F)cc3)cc12. The van der Waals surface area contributed by atoms with Crippen LogP contribution in [0.15, 0.2) is 42.5 Å². The highest BCUT2D eigenvalue weighted by atomic mass is 32.2. The van der Waals surface area contributed by atoms with Crippen molar-refractivity contribution in [1.82, 2.24) is 14.9 Å². The van der Waals surface area contributed by atoms with Gasteiger partial charge in [-0.1, -0.05) is 0 Å². The molecule has 2 fully saturated rings. The molecule has 11 heteroatoms. The minimum atomic E-state index is -4.42. The maximum Gasteiger partial charge on any atom is 0.416 e. The average molecular weight is 546 g/mol. The van der Waals surface area contributed by atoms with Crippen LogP contribution in [0.1, 0.15) is 24.1 Å². The Balaban J connectivity index is 1.18. The Morgan fingerprint density at radius 1 is 1.05 bits per heavy atom. The molecule has 0 saturated carbocycles. The summed E-state index contributed by atoms with van der Waals surface area (Å²) in [6.45, 7) is 5.84. The highest BCUT2D eigenvalue weighted by Gasteiger charge is 2.30. The van der Waals surface area contributed by atoms with E-state index in [1.807, 2.05) is 30.8 Å². The highest BCUT2D eigenvalue weighted by Crippen LogP contribution is 2.30. The number of amides is 1. The van der Waals surface area contributed by atoms with Crippen LogP contribution in [0, 0.1) is 6.92 Å². The number of benzene rings is 2. The second-order valence-corrected chi connectivity index (χ2v) is 10.8. The fraction of sp³-hybridized carbons (Fsp3) is 0.444. The summed E-state index contributed by atoms with van der Waals surface area (Å²) in [6.07, 6.45) is -2.19. The second-order valence-electron chi connectivity index (χ2n) is 9.57. The van der Waals surface area contributed by atoms with Crippen LogP contribution >= 0.6 is 11.8 Å². The number of carbonyl (C=O) groups excluding carboxylic acids is 1. The molecule has 38 heavy (non-hydrogen) atoms. The number of nitrogens with one attached hydrogen (secondary N) is 1. The van der Waals surface area contributed by atoms with Crippen LogP contribution < -0.4 is 15.0 Å². The molecule has 1 N–H and O–H groups in total. The number of carbonyl (C=O) groups is 1. The minimum absolute atomic E-state index is 0.183. The molecule has 3 aromatic rings. The third-order valence-corrected chi connectivity index (χ3v) is 7.96. The van der Waals surface area contributed by atoms with Gasteiger partial charge in [0.1, 0.15) is 5.75 Å². The molecule has 2 aliphatic rings. The van der Waals surface area contributed by atoms with Crippen molar-refractivity contribution in [3.05, 3.63) is 53.7 Å². The molecule has 1 aromatic heterocycles. The van der Waals surface area contributed by atoms with E-state index in [0.29, 0.717) is 11.7 Å². The molecule has 2 aromatic carbocycles. The first-order valence-corrected chi connectivity index (χ1v) is 13.9. The Kier molecular flexibility index (Phi) is 7.94. The van der Waals surface area contributed by atoms with E-state index in [1.165, 1.54) is 36.7 Å². The monoisotopic (exact) mass is 545 g/mol. The molecule has 0 aliphatic carbocycles. The molecule has 0 unspecified atom stereocenters. The van der Waals surface area contributed by atoms with E-state index in [2.05, 4.69) is 15.1 Å². The molecular formula is C27H30F3N5O2S. The maximum absolute atomic E-state index is 12.7. The van der Waals surface area contributed by atoms with E-state index in [0.717, 1.165) is 60.6 Å². The van der Waals surface area contributed by atoms with Gasteiger partial charge in [0.2, 0.25) is 5.95 Å². The lowest BCUT2D eigenvalue weighted by Crippen LogP contribution is -2.48. The summed E-state index contributed by atoms with van der Waals surface area (Å²) in [5.41, 5.74) is 1.44. The number of aryl methyl sites for hydroxylation is 1. The van der Waals surface area contributed by atoms with Gasteiger partial charge in [-0.25, -0.2) is 9.97 Å². The second kappa shape index (κ2) is 11.4. The van der Waals surface area contributed by atoms with Crippen LogP contribution in [0.2, 0.25) is 0 Å². The quantitative estimate of drug-likeness (QED) is 0.468. The van der Waals surface area contributed by atoms with Gasteiger partial charge in [-0.05, 0) is 62.2 Å². The standard InChI is InChI=1S/C27H30F3N5O2S/c1-18-23-16-20(32-25(36)17-37-22-5-2-19(3-6-22)27(28,29)30)4-7-24(23)33-26(31-18)35-10-8-21(9-11-35)34-12-14-38-15-13-34/h2-7,16,21H,8-15,17H2,1H3,(H,32,36). The molecule has 2 aliphatic heterocycles. The number of fused-ring (bicyclic) bond motifs is 1. The zero-order valence-electron chi connectivity index (χ0n) is 21.1. The summed E-state index contributed by atoms with van der Waals surface area (Å²) in [5.74, 6) is 2.95. The first kappa shape index (κ1) is 26.6. The summed E-state index contributed by atoms with van der Waals surface area (Å²) in [5, 5.41) is 3.61. The number of hydrogen-bond acceptors (Lipinski definition) is 7. The summed E-state index contributed by atoms with van der Waals surface area (Å²) in [7, 11) is 0. The van der Waals surface area contributed by atoms with E-state index in [4.69, 9.17) is 14.7 Å². The smallest absolute Gasteiger partial charge is 0.416 e. The van der Waals surface area contributed by atoms with Gasteiger partial charge in [0.25, 0.3) is 5.91 Å². The summed E-state index contributed by atoms with van der Waals surface area (Å²) in [6, 6.07) is 10.3. The van der Waals surface area contributed by atoms with Crippen molar-refractivity contribution >= 4 is 40.2 Å². The van der Waals surface area contributed by atoms with Crippen LogP contribution in [-0.4, -0.2) is 71.1 Å². The van der Waals surface area contributed by atoms with Gasteiger partial charge >= 0.3 is 6.18 Å². The predicted molar refractivity (Wildman–Crippen MR) is 144 cm³/mol. The van der Waals surface area contributed by atoms with Crippen LogP contribution in [0.4, 0.5) is 24.8 Å². The number of alkyl halides is 3. The van der Waals surface area contributed by atoms with Crippen LogP contribution in [-0.2, 0) is 11.0 Å². The van der Waals surface area contributed by atoms with Crippen molar-refractivity contribution in [2.45, 2.75) is 32.0 Å². The van der Waals surface area contributed by atoms with Gasteiger partial charge in [-0.3, -0.25) is 9.69 Å². The first-order chi connectivity index (χ1) is 18.3. The number of aromatic nitrogens is 2. The van der Waals surface area contributed by atoms with Crippen molar-refractivity contribution in [3.63, 3.8) is 0 Å². The van der Waals surface area contributed by atoms with E-state index >= 15 is 0 Å².